The topological polar surface area (TPSA) is 93.0 Å². The van der Waals surface area contributed by atoms with Gasteiger partial charge in [-0.3, -0.25) is 4.79 Å². The minimum Gasteiger partial charge on any atom is -0.494 e. The first-order valence-electron chi connectivity index (χ1n) is 9.20. The summed E-state index contributed by atoms with van der Waals surface area (Å²) in [5, 5.41) is 6.80. The lowest BCUT2D eigenvalue weighted by Crippen LogP contribution is -2.19. The lowest BCUT2D eigenvalue weighted by Gasteiger charge is -2.14. The quantitative estimate of drug-likeness (QED) is 0.430. The normalized spacial score (nSPS) is 12.1. The first-order chi connectivity index (χ1) is 14.1. The Balaban J connectivity index is 1.61. The number of ether oxygens (including phenoxy) is 1. The van der Waals surface area contributed by atoms with Crippen molar-refractivity contribution >= 4 is 34.5 Å². The maximum absolute atomic E-state index is 13.0. The van der Waals surface area contributed by atoms with E-state index in [9.17, 15) is 4.79 Å². The number of rotatable bonds is 7. The van der Waals surface area contributed by atoms with Crippen LogP contribution in [0.1, 0.15) is 23.5 Å². The summed E-state index contributed by atoms with van der Waals surface area (Å²) in [5.74, 6) is 1.59. The molecule has 1 amide bonds. The van der Waals surface area contributed by atoms with E-state index in [0.29, 0.717) is 23.3 Å². The number of hydrogen-bond donors (Lipinski definition) is 2. The number of anilines is 1. The zero-order valence-electron chi connectivity index (χ0n) is 16.0. The second kappa shape index (κ2) is 8.40. The third kappa shape index (κ3) is 4.43. The predicted octanol–water partition coefficient (Wildman–Crippen LogP) is 4.73. The van der Waals surface area contributed by atoms with E-state index in [-0.39, 0.29) is 5.91 Å². The first kappa shape index (κ1) is 19.1. The number of aromatic nitrogens is 3. The molecule has 148 valence electrons. The largest absolute Gasteiger partial charge is 0.494 e. The van der Waals surface area contributed by atoms with E-state index in [1.807, 2.05) is 55.5 Å². The second-order valence-corrected chi connectivity index (χ2v) is 7.47. The summed E-state index contributed by atoms with van der Waals surface area (Å²) in [6, 6.07) is 16.9. The van der Waals surface area contributed by atoms with Crippen molar-refractivity contribution in [1.82, 2.24) is 15.1 Å². The van der Waals surface area contributed by atoms with Gasteiger partial charge in [-0.25, -0.2) is 4.98 Å². The van der Waals surface area contributed by atoms with Crippen LogP contribution in [0.15, 0.2) is 64.3 Å². The SMILES string of the molecule is CCOc1ccc2nc(S[C@@H](C(=O)Nc3cc(C)on3)c3ccccc3)[nH]c2c1. The number of carbonyl (C=O) groups is 1. The maximum Gasteiger partial charge on any atom is 0.243 e. The van der Waals surface area contributed by atoms with Gasteiger partial charge in [-0.05, 0) is 31.5 Å². The molecule has 2 N–H and O–H groups in total. The van der Waals surface area contributed by atoms with E-state index in [1.54, 1.807) is 13.0 Å². The molecule has 0 radical (unpaired) electrons. The van der Waals surface area contributed by atoms with Crippen LogP contribution in [0.2, 0.25) is 0 Å². The van der Waals surface area contributed by atoms with E-state index in [1.165, 1.54) is 11.8 Å². The zero-order valence-corrected chi connectivity index (χ0v) is 16.8. The molecule has 0 saturated heterocycles. The Labute approximate surface area is 171 Å². The molecule has 2 aromatic carbocycles. The highest BCUT2D eigenvalue weighted by molar-refractivity contribution is 8.00. The van der Waals surface area contributed by atoms with Crippen LogP contribution in [0.5, 0.6) is 5.75 Å². The van der Waals surface area contributed by atoms with Gasteiger partial charge in [0, 0.05) is 12.1 Å². The molecule has 0 unspecified atom stereocenters. The van der Waals surface area contributed by atoms with Gasteiger partial charge in [-0.15, -0.1) is 0 Å². The summed E-state index contributed by atoms with van der Waals surface area (Å²) in [4.78, 5) is 20.9. The molecule has 0 bridgehead atoms. The lowest BCUT2D eigenvalue weighted by molar-refractivity contribution is -0.115. The van der Waals surface area contributed by atoms with Gasteiger partial charge in [0.1, 0.15) is 16.8 Å². The van der Waals surface area contributed by atoms with Crippen molar-refractivity contribution in [3.8, 4) is 5.75 Å². The number of aromatic amines is 1. The molecule has 1 atom stereocenters. The van der Waals surface area contributed by atoms with Gasteiger partial charge in [0.2, 0.25) is 5.91 Å². The van der Waals surface area contributed by atoms with E-state index in [0.717, 1.165) is 22.3 Å². The Bertz CT molecular complexity index is 1120. The van der Waals surface area contributed by atoms with Gasteiger partial charge in [-0.1, -0.05) is 47.3 Å². The smallest absolute Gasteiger partial charge is 0.243 e. The minimum atomic E-state index is -0.514. The number of imidazole rings is 1. The van der Waals surface area contributed by atoms with Gasteiger partial charge >= 0.3 is 0 Å². The predicted molar refractivity (Wildman–Crippen MR) is 112 cm³/mol. The Morgan fingerprint density at radius 1 is 1.24 bits per heavy atom. The van der Waals surface area contributed by atoms with E-state index in [4.69, 9.17) is 9.26 Å². The number of nitrogens with zero attached hydrogens (tertiary/aromatic N) is 2. The van der Waals surface area contributed by atoms with Crippen molar-refractivity contribution < 1.29 is 14.1 Å². The number of H-pyrrole nitrogens is 1. The Morgan fingerprint density at radius 3 is 2.79 bits per heavy atom. The van der Waals surface area contributed by atoms with E-state index >= 15 is 0 Å². The van der Waals surface area contributed by atoms with Gasteiger partial charge in [0.15, 0.2) is 11.0 Å². The highest BCUT2D eigenvalue weighted by Crippen LogP contribution is 2.36. The molecular formula is C21H20N4O3S. The van der Waals surface area contributed by atoms with Crippen LogP contribution in [-0.2, 0) is 4.79 Å². The molecule has 4 rings (SSSR count). The molecular weight excluding hydrogens is 388 g/mol. The number of nitrogens with one attached hydrogen (secondary N) is 2. The maximum atomic E-state index is 13.0. The monoisotopic (exact) mass is 408 g/mol. The van der Waals surface area contributed by atoms with Crippen LogP contribution in [-0.4, -0.2) is 27.6 Å². The summed E-state index contributed by atoms with van der Waals surface area (Å²) in [6.07, 6.45) is 0. The third-order valence-corrected chi connectivity index (χ3v) is 5.33. The van der Waals surface area contributed by atoms with Crippen LogP contribution in [0.4, 0.5) is 5.82 Å². The summed E-state index contributed by atoms with van der Waals surface area (Å²) < 4.78 is 10.6. The van der Waals surface area contributed by atoms with Crippen molar-refractivity contribution in [3.05, 3.63) is 65.9 Å². The molecule has 2 heterocycles. The number of thioether (sulfide) groups is 1. The summed E-state index contributed by atoms with van der Waals surface area (Å²) in [5.41, 5.74) is 2.54. The summed E-state index contributed by atoms with van der Waals surface area (Å²) in [7, 11) is 0. The van der Waals surface area contributed by atoms with Gasteiger partial charge < -0.3 is 19.6 Å². The third-order valence-electron chi connectivity index (χ3n) is 4.19. The van der Waals surface area contributed by atoms with Crippen molar-refractivity contribution in [2.45, 2.75) is 24.3 Å². The average Bonchev–Trinajstić information content (AvgIpc) is 3.32. The Hall–Kier alpha value is -3.26. The molecule has 7 nitrogen and oxygen atoms in total. The molecule has 8 heteroatoms. The molecule has 0 aliphatic rings. The van der Waals surface area contributed by atoms with Crippen LogP contribution in [0.25, 0.3) is 11.0 Å². The molecule has 0 aliphatic carbocycles. The highest BCUT2D eigenvalue weighted by atomic mass is 32.2. The second-order valence-electron chi connectivity index (χ2n) is 6.37. The number of aryl methyl sites for hydroxylation is 1. The zero-order chi connectivity index (χ0) is 20.2. The van der Waals surface area contributed by atoms with Gasteiger partial charge in [0.25, 0.3) is 0 Å². The Kier molecular flexibility index (Phi) is 5.53. The first-order valence-corrected chi connectivity index (χ1v) is 10.1. The van der Waals surface area contributed by atoms with E-state index in [2.05, 4.69) is 20.4 Å². The fraction of sp³-hybridized carbons (Fsp3) is 0.190. The van der Waals surface area contributed by atoms with Crippen molar-refractivity contribution in [3.63, 3.8) is 0 Å². The molecule has 2 aromatic heterocycles. The van der Waals surface area contributed by atoms with Crippen LogP contribution in [0, 0.1) is 6.92 Å². The van der Waals surface area contributed by atoms with Crippen LogP contribution < -0.4 is 10.1 Å². The summed E-state index contributed by atoms with van der Waals surface area (Å²) >= 11 is 1.34. The van der Waals surface area contributed by atoms with Crippen LogP contribution in [0.3, 0.4) is 0 Å². The standard InChI is InChI=1S/C21H20N4O3S/c1-3-27-15-9-10-16-17(12-15)23-21(22-16)29-19(14-7-5-4-6-8-14)20(26)24-18-11-13(2)28-25-18/h4-12,19H,3H2,1-2H3,(H,22,23)(H,24,25,26)/t19-/m1/s1. The minimum absolute atomic E-state index is 0.204. The fourth-order valence-corrected chi connectivity index (χ4v) is 3.91. The average molecular weight is 408 g/mol. The Morgan fingerprint density at radius 2 is 2.07 bits per heavy atom. The van der Waals surface area contributed by atoms with E-state index < -0.39 is 5.25 Å². The van der Waals surface area contributed by atoms with Gasteiger partial charge in [0.05, 0.1) is 17.6 Å². The number of benzene rings is 2. The van der Waals surface area contributed by atoms with Gasteiger partial charge in [-0.2, -0.15) is 0 Å². The van der Waals surface area contributed by atoms with Crippen LogP contribution >= 0.6 is 11.8 Å². The molecule has 0 aliphatic heterocycles. The molecule has 0 fully saturated rings. The number of fused-ring (bicyclic) bond motifs is 1. The molecule has 4 aromatic rings. The number of carbonyl (C=O) groups excluding carboxylic acids is 1. The van der Waals surface area contributed by atoms with Crippen molar-refractivity contribution in [1.29, 1.82) is 0 Å². The molecule has 0 spiro atoms. The highest BCUT2D eigenvalue weighted by Gasteiger charge is 2.24. The number of amides is 1. The lowest BCUT2D eigenvalue weighted by atomic mass is 10.1. The molecule has 29 heavy (non-hydrogen) atoms. The van der Waals surface area contributed by atoms with Crippen molar-refractivity contribution in [2.75, 3.05) is 11.9 Å². The molecule has 0 saturated carbocycles. The van der Waals surface area contributed by atoms with Crippen molar-refractivity contribution in [2.24, 2.45) is 0 Å². The summed E-state index contributed by atoms with van der Waals surface area (Å²) in [6.45, 7) is 4.31. The fourth-order valence-electron chi connectivity index (χ4n) is 2.91. The number of hydrogen-bond acceptors (Lipinski definition) is 6.